The fourth-order valence-corrected chi connectivity index (χ4v) is 4.45. The summed E-state index contributed by atoms with van der Waals surface area (Å²) >= 11 is 6.12. The standard InChI is InChI=1S/C25H21ClF9NO4S/c1-3-36(22(38)13-41(39,40)4-2)12-15-6-5-14(9-20(15)26)21(37)11-19(25(33,34)35)16-7-17(23(27,28)29)10-18(8-16)24(30,31)32/h5-11H,3-4,12-13H2,1-2H3. The molecule has 0 saturated heterocycles. The predicted octanol–water partition coefficient (Wildman–Crippen LogP) is 6.99. The molecule has 0 N–H and O–H groups in total. The first-order chi connectivity index (χ1) is 18.6. The molecule has 0 atom stereocenters. The third-order valence-corrected chi connectivity index (χ3v) is 7.61. The van der Waals surface area contributed by atoms with Crippen LogP contribution in [0.5, 0.6) is 0 Å². The van der Waals surface area contributed by atoms with E-state index >= 15 is 0 Å². The van der Waals surface area contributed by atoms with Crippen molar-refractivity contribution in [2.45, 2.75) is 38.9 Å². The number of allylic oxidation sites excluding steroid dienone is 2. The van der Waals surface area contributed by atoms with Gasteiger partial charge in [0, 0.05) is 29.4 Å². The average Bonchev–Trinajstić information content (AvgIpc) is 2.83. The molecule has 16 heteroatoms. The van der Waals surface area contributed by atoms with Crippen molar-refractivity contribution in [2.24, 2.45) is 0 Å². The second kappa shape index (κ2) is 12.4. The Morgan fingerprint density at radius 2 is 1.39 bits per heavy atom. The van der Waals surface area contributed by atoms with E-state index in [1.807, 2.05) is 0 Å². The third-order valence-electron chi connectivity index (χ3n) is 5.70. The Bertz CT molecular complexity index is 1410. The Hall–Kier alpha value is -3.07. The van der Waals surface area contributed by atoms with Gasteiger partial charge < -0.3 is 4.90 Å². The predicted molar refractivity (Wildman–Crippen MR) is 132 cm³/mol. The van der Waals surface area contributed by atoms with Gasteiger partial charge in [0.2, 0.25) is 5.91 Å². The molecule has 0 aliphatic rings. The lowest BCUT2D eigenvalue weighted by molar-refractivity contribution is -0.143. The van der Waals surface area contributed by atoms with Gasteiger partial charge in [0.25, 0.3) is 0 Å². The van der Waals surface area contributed by atoms with E-state index in [4.69, 9.17) is 11.6 Å². The summed E-state index contributed by atoms with van der Waals surface area (Å²) in [6, 6.07) is 2.41. The molecule has 0 aromatic heterocycles. The van der Waals surface area contributed by atoms with Gasteiger partial charge in [0.1, 0.15) is 5.75 Å². The fourth-order valence-electron chi connectivity index (χ4n) is 3.45. The van der Waals surface area contributed by atoms with Crippen LogP contribution in [0, 0.1) is 0 Å². The van der Waals surface area contributed by atoms with E-state index in [1.54, 1.807) is 6.92 Å². The van der Waals surface area contributed by atoms with Crippen LogP contribution in [-0.2, 0) is 33.5 Å². The minimum atomic E-state index is -5.53. The molecule has 226 valence electrons. The summed E-state index contributed by atoms with van der Waals surface area (Å²) in [5.41, 5.74) is -7.90. The zero-order chi connectivity index (χ0) is 31.6. The molecule has 1 amide bonds. The summed E-state index contributed by atoms with van der Waals surface area (Å²) in [6.07, 6.45) is -16.5. The molecule has 2 aromatic rings. The SMILES string of the molecule is CCN(Cc1ccc(C(=O)C=C(c2cc(C(F)(F)F)cc(C(F)(F)F)c2)C(F)(F)F)cc1Cl)C(=O)CS(=O)(=O)CC. The minimum absolute atomic E-state index is 0.0592. The summed E-state index contributed by atoms with van der Waals surface area (Å²) in [6.45, 7) is 2.73. The molecular formula is C25H21ClF9NO4S. The van der Waals surface area contributed by atoms with Gasteiger partial charge in [-0.15, -0.1) is 0 Å². The molecular weight excluding hydrogens is 617 g/mol. The van der Waals surface area contributed by atoms with E-state index in [0.29, 0.717) is 0 Å². The molecule has 0 aliphatic heterocycles. The van der Waals surface area contributed by atoms with Gasteiger partial charge in [-0.3, -0.25) is 9.59 Å². The van der Waals surface area contributed by atoms with E-state index in [-0.39, 0.29) is 53.7 Å². The number of sulfone groups is 1. The lowest BCUT2D eigenvalue weighted by Crippen LogP contribution is -2.35. The van der Waals surface area contributed by atoms with Crippen LogP contribution in [0.4, 0.5) is 39.5 Å². The number of carbonyl (C=O) groups is 2. The number of halogens is 10. The highest BCUT2D eigenvalue weighted by molar-refractivity contribution is 7.92. The number of rotatable bonds is 9. The zero-order valence-electron chi connectivity index (χ0n) is 21.1. The number of hydrogen-bond acceptors (Lipinski definition) is 4. The van der Waals surface area contributed by atoms with Gasteiger partial charge in [-0.05, 0) is 48.4 Å². The molecule has 5 nitrogen and oxygen atoms in total. The summed E-state index contributed by atoms with van der Waals surface area (Å²) in [4.78, 5) is 26.2. The van der Waals surface area contributed by atoms with E-state index in [0.717, 1.165) is 23.1 Å². The van der Waals surface area contributed by atoms with Crippen LogP contribution >= 0.6 is 11.6 Å². The first-order valence-corrected chi connectivity index (χ1v) is 13.7. The Morgan fingerprint density at radius 1 is 0.854 bits per heavy atom. The van der Waals surface area contributed by atoms with Crippen LogP contribution in [0.1, 0.15) is 46.5 Å². The van der Waals surface area contributed by atoms with Crippen molar-refractivity contribution in [3.63, 3.8) is 0 Å². The largest absolute Gasteiger partial charge is 0.417 e. The lowest BCUT2D eigenvalue weighted by atomic mass is 9.96. The maximum absolute atomic E-state index is 13.8. The summed E-state index contributed by atoms with van der Waals surface area (Å²) in [5.74, 6) is -3.24. The summed E-state index contributed by atoms with van der Waals surface area (Å²) in [7, 11) is -3.65. The minimum Gasteiger partial charge on any atom is -0.338 e. The highest BCUT2D eigenvalue weighted by Gasteiger charge is 2.41. The van der Waals surface area contributed by atoms with Crippen LogP contribution in [0.3, 0.4) is 0 Å². The molecule has 41 heavy (non-hydrogen) atoms. The number of nitrogens with zero attached hydrogens (tertiary/aromatic N) is 1. The maximum Gasteiger partial charge on any atom is 0.417 e. The van der Waals surface area contributed by atoms with Gasteiger partial charge in [-0.1, -0.05) is 30.7 Å². The number of amides is 1. The van der Waals surface area contributed by atoms with Crippen LogP contribution in [-0.4, -0.2) is 49.2 Å². The molecule has 2 aromatic carbocycles. The highest BCUT2D eigenvalue weighted by atomic mass is 35.5. The van der Waals surface area contributed by atoms with Crippen molar-refractivity contribution >= 4 is 38.7 Å². The van der Waals surface area contributed by atoms with Crippen molar-refractivity contribution in [1.82, 2.24) is 4.90 Å². The van der Waals surface area contributed by atoms with Crippen molar-refractivity contribution in [3.8, 4) is 0 Å². The van der Waals surface area contributed by atoms with Crippen LogP contribution in [0.2, 0.25) is 5.02 Å². The third kappa shape index (κ3) is 9.21. The Morgan fingerprint density at radius 3 is 1.80 bits per heavy atom. The normalized spacial score (nSPS) is 13.3. The van der Waals surface area contributed by atoms with Crippen molar-refractivity contribution in [2.75, 3.05) is 18.1 Å². The number of ketones is 1. The molecule has 0 bridgehead atoms. The van der Waals surface area contributed by atoms with Crippen molar-refractivity contribution < 1.29 is 57.5 Å². The van der Waals surface area contributed by atoms with Crippen LogP contribution in [0.25, 0.3) is 5.57 Å². The van der Waals surface area contributed by atoms with Gasteiger partial charge >= 0.3 is 18.5 Å². The summed E-state index contributed by atoms with van der Waals surface area (Å²) < 4.78 is 144. The molecule has 0 aliphatic carbocycles. The molecule has 0 heterocycles. The Balaban J connectivity index is 2.50. The fraction of sp³-hybridized carbons (Fsp3) is 0.360. The van der Waals surface area contributed by atoms with Crippen molar-refractivity contribution in [3.05, 3.63) is 75.3 Å². The lowest BCUT2D eigenvalue weighted by Gasteiger charge is -2.21. The topological polar surface area (TPSA) is 71.5 Å². The second-order valence-corrected chi connectivity index (χ2v) is 11.4. The maximum atomic E-state index is 13.8. The first-order valence-electron chi connectivity index (χ1n) is 11.5. The highest BCUT2D eigenvalue weighted by Crippen LogP contribution is 2.41. The number of carbonyl (C=O) groups excluding carboxylic acids is 2. The molecule has 0 radical (unpaired) electrons. The van der Waals surface area contributed by atoms with E-state index in [2.05, 4.69) is 0 Å². The van der Waals surface area contributed by atoms with Crippen LogP contribution in [0.15, 0.2) is 42.5 Å². The monoisotopic (exact) mass is 637 g/mol. The number of benzene rings is 2. The Labute approximate surface area is 233 Å². The molecule has 2 rings (SSSR count). The molecule has 0 spiro atoms. The van der Waals surface area contributed by atoms with E-state index in [9.17, 15) is 57.5 Å². The first kappa shape index (κ1) is 34.1. The quantitative estimate of drug-likeness (QED) is 0.169. The van der Waals surface area contributed by atoms with Gasteiger partial charge in [-0.25, -0.2) is 8.42 Å². The van der Waals surface area contributed by atoms with E-state index in [1.165, 1.54) is 6.92 Å². The van der Waals surface area contributed by atoms with E-state index < -0.39 is 73.6 Å². The van der Waals surface area contributed by atoms with Gasteiger partial charge in [0.15, 0.2) is 15.6 Å². The molecule has 0 saturated carbocycles. The molecule has 0 unspecified atom stereocenters. The number of hydrogen-bond donors (Lipinski definition) is 0. The van der Waals surface area contributed by atoms with Gasteiger partial charge in [-0.2, -0.15) is 39.5 Å². The van der Waals surface area contributed by atoms with Crippen molar-refractivity contribution in [1.29, 1.82) is 0 Å². The zero-order valence-corrected chi connectivity index (χ0v) is 22.7. The van der Waals surface area contributed by atoms with Gasteiger partial charge in [0.05, 0.1) is 16.7 Å². The summed E-state index contributed by atoms with van der Waals surface area (Å²) in [5, 5.41) is -0.221. The smallest absolute Gasteiger partial charge is 0.338 e. The number of alkyl halides is 9. The second-order valence-electron chi connectivity index (χ2n) is 8.61. The molecule has 0 fully saturated rings. The van der Waals surface area contributed by atoms with Crippen LogP contribution < -0.4 is 0 Å². The average molecular weight is 638 g/mol. The Kier molecular flexibility index (Phi) is 10.3.